The van der Waals surface area contributed by atoms with Gasteiger partial charge in [-0.15, -0.1) is 11.3 Å². The molecule has 0 unspecified atom stereocenters. The van der Waals surface area contributed by atoms with Crippen LogP contribution in [0.4, 0.5) is 5.69 Å². The summed E-state index contributed by atoms with van der Waals surface area (Å²) in [5, 5.41) is 8.46. The van der Waals surface area contributed by atoms with Gasteiger partial charge in [-0.25, -0.2) is 4.79 Å². The van der Waals surface area contributed by atoms with Crippen molar-refractivity contribution >= 4 is 28.9 Å². The topological polar surface area (TPSA) is 94.3 Å². The first-order valence-electron chi connectivity index (χ1n) is 8.69. The second-order valence-electron chi connectivity index (χ2n) is 5.97. The number of nitrogens with zero attached hydrogens (tertiary/aromatic N) is 2. The van der Waals surface area contributed by atoms with E-state index in [9.17, 15) is 9.59 Å². The molecule has 0 aliphatic carbocycles. The Morgan fingerprint density at radius 1 is 1.03 bits per heavy atom. The van der Waals surface area contributed by atoms with E-state index in [-0.39, 0.29) is 18.4 Å². The van der Waals surface area contributed by atoms with Gasteiger partial charge in [0.25, 0.3) is 11.8 Å². The van der Waals surface area contributed by atoms with E-state index >= 15 is 0 Å². The van der Waals surface area contributed by atoms with Crippen LogP contribution in [0.1, 0.15) is 25.9 Å². The van der Waals surface area contributed by atoms with E-state index in [0.717, 1.165) is 5.56 Å². The van der Waals surface area contributed by atoms with Crippen LogP contribution in [-0.2, 0) is 11.3 Å². The first kappa shape index (κ1) is 18.6. The second kappa shape index (κ2) is 8.49. The molecule has 8 heteroatoms. The van der Waals surface area contributed by atoms with E-state index in [2.05, 4.69) is 15.5 Å². The van der Waals surface area contributed by atoms with Crippen LogP contribution in [0.3, 0.4) is 0 Å². The molecule has 0 atom stereocenters. The summed E-state index contributed by atoms with van der Waals surface area (Å²) in [6.45, 7) is -0.148. The third kappa shape index (κ3) is 4.56. The summed E-state index contributed by atoms with van der Waals surface area (Å²) < 4.78 is 10.4. The maximum atomic E-state index is 12.3. The largest absolute Gasteiger partial charge is 0.452 e. The highest BCUT2D eigenvalue weighted by atomic mass is 32.1. The van der Waals surface area contributed by atoms with Gasteiger partial charge in [0.2, 0.25) is 5.82 Å². The number of anilines is 1. The number of rotatable bonds is 6. The zero-order chi connectivity index (χ0) is 20.1. The molecule has 0 bridgehead atoms. The first-order chi connectivity index (χ1) is 14.2. The van der Waals surface area contributed by atoms with Crippen molar-refractivity contribution in [2.24, 2.45) is 0 Å². The highest BCUT2D eigenvalue weighted by molar-refractivity contribution is 7.12. The van der Waals surface area contributed by atoms with Gasteiger partial charge in [-0.3, -0.25) is 4.79 Å². The lowest BCUT2D eigenvalue weighted by Crippen LogP contribution is -2.11. The van der Waals surface area contributed by atoms with E-state index in [0.29, 0.717) is 22.0 Å². The van der Waals surface area contributed by atoms with Crippen LogP contribution >= 0.6 is 11.3 Å². The second-order valence-corrected chi connectivity index (χ2v) is 6.91. The molecule has 1 N–H and O–H groups in total. The molecule has 7 nitrogen and oxygen atoms in total. The number of nitrogens with one attached hydrogen (secondary N) is 1. The number of carbonyl (C=O) groups is 2. The minimum absolute atomic E-state index is 0.148. The summed E-state index contributed by atoms with van der Waals surface area (Å²) >= 11 is 1.34. The van der Waals surface area contributed by atoms with E-state index in [1.54, 1.807) is 36.4 Å². The summed E-state index contributed by atoms with van der Waals surface area (Å²) in [5.74, 6) is -0.171. The number of ether oxygens (including phenoxy) is 1. The van der Waals surface area contributed by atoms with Gasteiger partial charge >= 0.3 is 5.97 Å². The molecule has 0 saturated carbocycles. The molecule has 29 heavy (non-hydrogen) atoms. The molecule has 2 aromatic carbocycles. The predicted octanol–water partition coefficient (Wildman–Crippen LogP) is 4.41. The SMILES string of the molecule is O=C(OCc1nc(-c2ccccc2)no1)c1cccc(NC(=O)c2cccs2)c1. The summed E-state index contributed by atoms with van der Waals surface area (Å²) in [6, 6.07) is 19.4. The standard InChI is InChI=1S/C21H15N3O4S/c25-20(17-10-5-11-29-17)22-16-9-4-8-15(12-16)21(26)27-13-18-23-19(24-28-18)14-6-2-1-3-7-14/h1-12H,13H2,(H,22,25). The molecular weight excluding hydrogens is 390 g/mol. The molecule has 0 fully saturated rings. The highest BCUT2D eigenvalue weighted by Gasteiger charge is 2.14. The zero-order valence-electron chi connectivity index (χ0n) is 15.1. The van der Waals surface area contributed by atoms with Crippen molar-refractivity contribution in [3.63, 3.8) is 0 Å². The predicted molar refractivity (Wildman–Crippen MR) is 108 cm³/mol. The van der Waals surface area contributed by atoms with E-state index in [4.69, 9.17) is 9.26 Å². The van der Waals surface area contributed by atoms with Crippen LogP contribution in [0.5, 0.6) is 0 Å². The maximum Gasteiger partial charge on any atom is 0.338 e. The van der Waals surface area contributed by atoms with Crippen LogP contribution in [0.15, 0.2) is 76.6 Å². The molecule has 144 valence electrons. The Bertz CT molecular complexity index is 1120. The Balaban J connectivity index is 1.38. The van der Waals surface area contributed by atoms with Gasteiger partial charge in [-0.05, 0) is 29.6 Å². The van der Waals surface area contributed by atoms with Crippen molar-refractivity contribution in [3.05, 3.63) is 88.4 Å². The lowest BCUT2D eigenvalue weighted by molar-refractivity contribution is 0.0429. The number of aromatic nitrogens is 2. The summed E-state index contributed by atoms with van der Waals surface area (Å²) in [5.41, 5.74) is 1.61. The Labute approximate surface area is 170 Å². The highest BCUT2D eigenvalue weighted by Crippen LogP contribution is 2.17. The Hall–Kier alpha value is -3.78. The lowest BCUT2D eigenvalue weighted by Gasteiger charge is -2.06. The van der Waals surface area contributed by atoms with Gasteiger partial charge in [-0.2, -0.15) is 4.98 Å². The van der Waals surface area contributed by atoms with Crippen LogP contribution in [0.25, 0.3) is 11.4 Å². The molecule has 0 saturated heterocycles. The third-order valence-corrected chi connectivity index (χ3v) is 4.80. The molecule has 4 aromatic rings. The number of esters is 1. The fourth-order valence-electron chi connectivity index (χ4n) is 2.55. The van der Waals surface area contributed by atoms with Crippen molar-refractivity contribution in [2.45, 2.75) is 6.61 Å². The quantitative estimate of drug-likeness (QED) is 0.478. The van der Waals surface area contributed by atoms with E-state index < -0.39 is 5.97 Å². The molecule has 0 aliphatic rings. The van der Waals surface area contributed by atoms with Crippen LogP contribution < -0.4 is 5.32 Å². The number of benzene rings is 2. The smallest absolute Gasteiger partial charge is 0.338 e. The van der Waals surface area contributed by atoms with Crippen molar-refractivity contribution in [3.8, 4) is 11.4 Å². The van der Waals surface area contributed by atoms with Gasteiger partial charge in [0.05, 0.1) is 10.4 Å². The maximum absolute atomic E-state index is 12.3. The molecule has 0 spiro atoms. The van der Waals surface area contributed by atoms with Crippen LogP contribution in [0, 0.1) is 0 Å². The molecule has 4 rings (SSSR count). The zero-order valence-corrected chi connectivity index (χ0v) is 15.9. The van der Waals surface area contributed by atoms with E-state index in [1.165, 1.54) is 11.3 Å². The van der Waals surface area contributed by atoms with Crippen molar-refractivity contribution < 1.29 is 18.8 Å². The molecule has 2 heterocycles. The molecule has 0 radical (unpaired) electrons. The number of amides is 1. The monoisotopic (exact) mass is 405 g/mol. The van der Waals surface area contributed by atoms with Gasteiger partial charge in [-0.1, -0.05) is 47.6 Å². The van der Waals surface area contributed by atoms with Crippen molar-refractivity contribution in [1.82, 2.24) is 10.1 Å². The average molecular weight is 405 g/mol. The van der Waals surface area contributed by atoms with Crippen LogP contribution in [-0.4, -0.2) is 22.0 Å². The van der Waals surface area contributed by atoms with Gasteiger partial charge < -0.3 is 14.6 Å². The Morgan fingerprint density at radius 2 is 1.90 bits per heavy atom. The molecular formula is C21H15N3O4S. The molecule has 2 aromatic heterocycles. The van der Waals surface area contributed by atoms with Crippen molar-refractivity contribution in [1.29, 1.82) is 0 Å². The summed E-state index contributed by atoms with van der Waals surface area (Å²) in [7, 11) is 0. The van der Waals surface area contributed by atoms with Gasteiger partial charge in [0.1, 0.15) is 0 Å². The van der Waals surface area contributed by atoms with Crippen molar-refractivity contribution in [2.75, 3.05) is 5.32 Å². The third-order valence-electron chi connectivity index (χ3n) is 3.93. The van der Waals surface area contributed by atoms with Gasteiger partial charge in [0, 0.05) is 11.3 Å². The Kier molecular flexibility index (Phi) is 5.44. The minimum Gasteiger partial charge on any atom is -0.452 e. The van der Waals surface area contributed by atoms with E-state index in [1.807, 2.05) is 35.7 Å². The average Bonchev–Trinajstić information content (AvgIpc) is 3.45. The normalized spacial score (nSPS) is 10.5. The number of hydrogen-bond donors (Lipinski definition) is 1. The fourth-order valence-corrected chi connectivity index (χ4v) is 3.17. The first-order valence-corrected chi connectivity index (χ1v) is 9.57. The number of thiophene rings is 1. The summed E-state index contributed by atoms with van der Waals surface area (Å²) in [4.78, 5) is 29.3. The summed E-state index contributed by atoms with van der Waals surface area (Å²) in [6.07, 6.45) is 0. The number of hydrogen-bond acceptors (Lipinski definition) is 7. The molecule has 0 aliphatic heterocycles. The fraction of sp³-hybridized carbons (Fsp3) is 0.0476. The minimum atomic E-state index is -0.559. The van der Waals surface area contributed by atoms with Gasteiger partial charge in [0.15, 0.2) is 6.61 Å². The lowest BCUT2D eigenvalue weighted by atomic mass is 10.2. The molecule has 1 amide bonds. The van der Waals surface area contributed by atoms with Crippen LogP contribution in [0.2, 0.25) is 0 Å². The number of carbonyl (C=O) groups excluding carboxylic acids is 2. The Morgan fingerprint density at radius 3 is 2.69 bits per heavy atom.